The SMILES string of the molecule is O=C(c1ccc(OC(F)(F)C(F)F)cc1)C(Br)CBr. The van der Waals surface area contributed by atoms with E-state index in [-0.39, 0.29) is 11.3 Å². The van der Waals surface area contributed by atoms with E-state index in [4.69, 9.17) is 0 Å². The zero-order valence-electron chi connectivity index (χ0n) is 9.26. The van der Waals surface area contributed by atoms with Crippen LogP contribution in [0.4, 0.5) is 17.6 Å². The van der Waals surface area contributed by atoms with Gasteiger partial charge in [0.05, 0.1) is 4.83 Å². The Morgan fingerprint density at radius 3 is 2.21 bits per heavy atom. The smallest absolute Gasteiger partial charge is 0.428 e. The lowest BCUT2D eigenvalue weighted by Crippen LogP contribution is -2.33. The summed E-state index contributed by atoms with van der Waals surface area (Å²) in [5, 5.41) is 0.382. The number of Topliss-reactive ketones (excluding diaryl/α,β-unsaturated/α-hetero) is 1. The Labute approximate surface area is 123 Å². The fourth-order valence-corrected chi connectivity index (χ4v) is 1.70. The Balaban J connectivity index is 2.80. The molecule has 0 radical (unpaired) electrons. The monoisotopic (exact) mass is 406 g/mol. The first kappa shape index (κ1) is 16.4. The minimum absolute atomic E-state index is 0.258. The fraction of sp³-hybridized carbons (Fsp3) is 0.364. The van der Waals surface area contributed by atoms with Gasteiger partial charge < -0.3 is 4.74 Å². The average molecular weight is 408 g/mol. The highest BCUT2D eigenvalue weighted by molar-refractivity contribution is 9.12. The van der Waals surface area contributed by atoms with Crippen LogP contribution in [0.1, 0.15) is 10.4 Å². The van der Waals surface area contributed by atoms with Gasteiger partial charge in [-0.25, -0.2) is 0 Å². The number of carbonyl (C=O) groups is 1. The molecule has 0 saturated heterocycles. The highest BCUT2D eigenvalue weighted by atomic mass is 79.9. The van der Waals surface area contributed by atoms with Crippen molar-refractivity contribution in [2.75, 3.05) is 5.33 Å². The van der Waals surface area contributed by atoms with Crippen LogP contribution in [0.15, 0.2) is 24.3 Å². The van der Waals surface area contributed by atoms with Crippen LogP contribution in [-0.4, -0.2) is 28.5 Å². The molecule has 8 heteroatoms. The summed E-state index contributed by atoms with van der Waals surface area (Å²) in [5.74, 6) is -0.698. The zero-order valence-corrected chi connectivity index (χ0v) is 12.4. The lowest BCUT2D eigenvalue weighted by Gasteiger charge is -2.16. The van der Waals surface area contributed by atoms with Gasteiger partial charge in [-0.3, -0.25) is 4.79 Å². The van der Waals surface area contributed by atoms with Gasteiger partial charge in [-0.05, 0) is 24.3 Å². The van der Waals surface area contributed by atoms with Crippen LogP contribution in [-0.2, 0) is 0 Å². The highest BCUT2D eigenvalue weighted by Crippen LogP contribution is 2.27. The maximum atomic E-state index is 12.6. The molecule has 19 heavy (non-hydrogen) atoms. The molecule has 106 valence electrons. The molecule has 0 N–H and O–H groups in total. The van der Waals surface area contributed by atoms with Gasteiger partial charge in [0.1, 0.15) is 5.75 Å². The molecule has 0 aliphatic heterocycles. The number of ketones is 1. The van der Waals surface area contributed by atoms with Crippen molar-refractivity contribution in [3.05, 3.63) is 29.8 Å². The molecule has 0 aromatic heterocycles. The second-order valence-corrected chi connectivity index (χ2v) is 5.23. The summed E-state index contributed by atoms with van der Waals surface area (Å²) in [5.41, 5.74) is 0.258. The molecule has 2 nitrogen and oxygen atoms in total. The van der Waals surface area contributed by atoms with Gasteiger partial charge in [0, 0.05) is 10.9 Å². The first-order chi connectivity index (χ1) is 8.77. The minimum Gasteiger partial charge on any atom is -0.428 e. The summed E-state index contributed by atoms with van der Waals surface area (Å²) in [6.07, 6.45) is -8.48. The summed E-state index contributed by atoms with van der Waals surface area (Å²) in [6, 6.07) is 4.54. The van der Waals surface area contributed by atoms with Crippen LogP contribution < -0.4 is 4.74 Å². The van der Waals surface area contributed by atoms with E-state index in [2.05, 4.69) is 36.6 Å². The predicted molar refractivity (Wildman–Crippen MR) is 68.9 cm³/mol. The van der Waals surface area contributed by atoms with Crippen molar-refractivity contribution in [3.63, 3.8) is 0 Å². The molecule has 1 atom stereocenters. The van der Waals surface area contributed by atoms with Crippen molar-refractivity contribution < 1.29 is 27.1 Å². The third kappa shape index (κ3) is 4.45. The van der Waals surface area contributed by atoms with Gasteiger partial charge in [-0.1, -0.05) is 31.9 Å². The van der Waals surface area contributed by atoms with Gasteiger partial charge >= 0.3 is 12.5 Å². The number of alkyl halides is 6. The van der Waals surface area contributed by atoms with Crippen molar-refractivity contribution >= 4 is 37.6 Å². The van der Waals surface area contributed by atoms with Gasteiger partial charge in [0.2, 0.25) is 0 Å². The van der Waals surface area contributed by atoms with Gasteiger partial charge in [0.25, 0.3) is 0 Å². The van der Waals surface area contributed by atoms with Crippen molar-refractivity contribution in [3.8, 4) is 5.75 Å². The number of ether oxygens (including phenoxy) is 1. The van der Waals surface area contributed by atoms with Crippen molar-refractivity contribution in [1.29, 1.82) is 0 Å². The molecule has 1 unspecified atom stereocenters. The van der Waals surface area contributed by atoms with Crippen molar-refractivity contribution in [1.82, 2.24) is 0 Å². The van der Waals surface area contributed by atoms with Crippen LogP contribution in [0.3, 0.4) is 0 Å². The van der Waals surface area contributed by atoms with E-state index in [0.717, 1.165) is 12.1 Å². The Morgan fingerprint density at radius 1 is 1.26 bits per heavy atom. The second-order valence-electron chi connectivity index (χ2n) is 3.48. The molecule has 1 rings (SSSR count). The maximum absolute atomic E-state index is 12.6. The molecule has 0 aliphatic rings. The van der Waals surface area contributed by atoms with Crippen molar-refractivity contribution in [2.45, 2.75) is 17.4 Å². The standard InChI is InChI=1S/C11H8Br2F4O2/c12-5-8(13)9(18)6-1-3-7(4-2-6)19-11(16,17)10(14)15/h1-4,8,10H,5H2. The summed E-state index contributed by atoms with van der Waals surface area (Å²) < 4.78 is 52.9. The molecule has 1 aromatic rings. The van der Waals surface area contributed by atoms with E-state index in [9.17, 15) is 22.4 Å². The Kier molecular flexibility index (Phi) is 5.79. The van der Waals surface area contributed by atoms with Crippen LogP contribution in [0.25, 0.3) is 0 Å². The lowest BCUT2D eigenvalue weighted by atomic mass is 10.1. The number of rotatable bonds is 6. The van der Waals surface area contributed by atoms with Crippen LogP contribution in [0.2, 0.25) is 0 Å². The summed E-state index contributed by atoms with van der Waals surface area (Å²) in [4.78, 5) is 11.2. The summed E-state index contributed by atoms with van der Waals surface area (Å²) >= 11 is 6.23. The minimum atomic E-state index is -4.56. The Morgan fingerprint density at radius 2 is 1.79 bits per heavy atom. The molecule has 0 saturated carbocycles. The molecular weight excluding hydrogens is 400 g/mol. The number of carbonyl (C=O) groups excluding carboxylic acids is 1. The van der Waals surface area contributed by atoms with E-state index in [0.29, 0.717) is 5.33 Å². The third-order valence-electron chi connectivity index (χ3n) is 2.07. The summed E-state index contributed by atoms with van der Waals surface area (Å²) in [7, 11) is 0. The van der Waals surface area contributed by atoms with Gasteiger partial charge in [-0.15, -0.1) is 0 Å². The topological polar surface area (TPSA) is 26.3 Å². The van der Waals surface area contributed by atoms with Gasteiger partial charge in [0.15, 0.2) is 5.78 Å². The number of halogens is 6. The van der Waals surface area contributed by atoms with Crippen LogP contribution in [0, 0.1) is 0 Å². The third-order valence-corrected chi connectivity index (χ3v) is 4.32. The zero-order chi connectivity index (χ0) is 14.6. The molecule has 0 spiro atoms. The lowest BCUT2D eigenvalue weighted by molar-refractivity contribution is -0.253. The molecular formula is C11H8Br2F4O2. The number of hydrogen-bond acceptors (Lipinski definition) is 2. The van der Waals surface area contributed by atoms with E-state index < -0.39 is 23.1 Å². The Bertz CT molecular complexity index is 437. The first-order valence-electron chi connectivity index (χ1n) is 4.97. The normalized spacial score (nSPS) is 13.4. The van der Waals surface area contributed by atoms with Crippen molar-refractivity contribution in [2.24, 2.45) is 0 Å². The molecule has 0 heterocycles. The van der Waals surface area contributed by atoms with E-state index in [1.165, 1.54) is 12.1 Å². The Hall–Kier alpha value is -0.630. The van der Waals surface area contributed by atoms with Crippen LogP contribution >= 0.6 is 31.9 Å². The van der Waals surface area contributed by atoms with E-state index in [1.807, 2.05) is 0 Å². The largest absolute Gasteiger partial charge is 0.461 e. The summed E-state index contributed by atoms with van der Waals surface area (Å²) in [6.45, 7) is 0. The molecule has 0 aliphatic carbocycles. The molecule has 0 bridgehead atoms. The number of benzene rings is 1. The van der Waals surface area contributed by atoms with Crippen LogP contribution in [0.5, 0.6) is 5.75 Å². The van der Waals surface area contributed by atoms with E-state index in [1.54, 1.807) is 0 Å². The second kappa shape index (κ2) is 6.69. The highest BCUT2D eigenvalue weighted by Gasteiger charge is 2.43. The first-order valence-corrected chi connectivity index (χ1v) is 7.01. The quantitative estimate of drug-likeness (QED) is 0.400. The number of hydrogen-bond donors (Lipinski definition) is 0. The maximum Gasteiger partial charge on any atom is 0.461 e. The molecule has 0 fully saturated rings. The molecule has 0 amide bonds. The average Bonchev–Trinajstić information content (AvgIpc) is 2.37. The van der Waals surface area contributed by atoms with Gasteiger partial charge in [-0.2, -0.15) is 17.6 Å². The predicted octanol–water partition coefficient (Wildman–Crippen LogP) is 4.26. The fourth-order valence-electron chi connectivity index (χ4n) is 1.14. The van der Waals surface area contributed by atoms with E-state index >= 15 is 0 Å². The molecule has 1 aromatic carbocycles.